The Morgan fingerprint density at radius 3 is 2.65 bits per heavy atom. The zero-order chi connectivity index (χ0) is 14.1. The summed E-state index contributed by atoms with van der Waals surface area (Å²) in [6.45, 7) is 2.00. The first-order valence-electron chi connectivity index (χ1n) is 6.53. The average molecular weight is 287 g/mol. The number of nitrogens with two attached hydrogens (primary N) is 1. The molecule has 4 heteroatoms. The molecule has 0 amide bonds. The van der Waals surface area contributed by atoms with Crippen LogP contribution in [-0.4, -0.2) is 11.2 Å². The zero-order valence-corrected chi connectivity index (χ0v) is 11.9. The highest BCUT2D eigenvalue weighted by atomic mass is 35.5. The molecule has 2 N–H and O–H groups in total. The molecule has 1 heterocycles. The Balaban J connectivity index is 2.09. The number of fused-ring (bicyclic) bond motifs is 1. The molecule has 3 aromatic rings. The minimum atomic E-state index is 0.131. The summed E-state index contributed by atoms with van der Waals surface area (Å²) < 4.78 is 5.48. The summed E-state index contributed by atoms with van der Waals surface area (Å²) in [7, 11) is 0. The van der Waals surface area contributed by atoms with Crippen molar-refractivity contribution in [3.8, 4) is 11.3 Å². The van der Waals surface area contributed by atoms with Crippen LogP contribution in [0.4, 0.5) is 0 Å². The van der Waals surface area contributed by atoms with Crippen LogP contribution in [0, 0.1) is 0 Å². The van der Waals surface area contributed by atoms with E-state index < -0.39 is 0 Å². The van der Waals surface area contributed by atoms with E-state index in [1.165, 1.54) is 5.56 Å². The normalized spacial score (nSPS) is 12.8. The van der Waals surface area contributed by atoms with Gasteiger partial charge in [-0.25, -0.2) is 0 Å². The first kappa shape index (κ1) is 13.2. The number of hydrogen-bond acceptors (Lipinski definition) is 3. The predicted molar refractivity (Wildman–Crippen MR) is 81.8 cm³/mol. The van der Waals surface area contributed by atoms with E-state index in [1.807, 2.05) is 43.3 Å². The van der Waals surface area contributed by atoms with Crippen molar-refractivity contribution in [1.82, 2.24) is 5.16 Å². The van der Waals surface area contributed by atoms with Gasteiger partial charge in [0, 0.05) is 22.0 Å². The Bertz CT molecular complexity index is 732. The molecule has 0 aliphatic carbocycles. The van der Waals surface area contributed by atoms with Gasteiger partial charge in [-0.15, -0.1) is 0 Å². The van der Waals surface area contributed by atoms with Gasteiger partial charge in [-0.3, -0.25) is 0 Å². The fraction of sp³-hybridized carbons (Fsp3) is 0.188. The van der Waals surface area contributed by atoms with E-state index in [2.05, 4.69) is 11.2 Å². The van der Waals surface area contributed by atoms with Gasteiger partial charge >= 0.3 is 0 Å². The molecule has 0 saturated heterocycles. The minimum Gasteiger partial charge on any atom is -0.355 e. The summed E-state index contributed by atoms with van der Waals surface area (Å²) in [4.78, 5) is 0. The maximum Gasteiger partial charge on any atom is 0.174 e. The van der Waals surface area contributed by atoms with Crippen molar-refractivity contribution in [2.45, 2.75) is 19.4 Å². The van der Waals surface area contributed by atoms with Gasteiger partial charge in [0.1, 0.15) is 5.52 Å². The molecule has 1 aromatic heterocycles. The lowest BCUT2D eigenvalue weighted by Gasteiger charge is -2.05. The predicted octanol–water partition coefficient (Wildman–Crippen LogP) is 4.04. The van der Waals surface area contributed by atoms with Crippen molar-refractivity contribution >= 4 is 22.5 Å². The largest absolute Gasteiger partial charge is 0.355 e. The van der Waals surface area contributed by atoms with E-state index in [-0.39, 0.29) is 6.04 Å². The van der Waals surface area contributed by atoms with E-state index in [4.69, 9.17) is 21.9 Å². The smallest absolute Gasteiger partial charge is 0.174 e. The molecule has 3 nitrogen and oxygen atoms in total. The molecule has 1 atom stereocenters. The molecule has 0 saturated carbocycles. The van der Waals surface area contributed by atoms with Gasteiger partial charge in [0.05, 0.1) is 0 Å². The van der Waals surface area contributed by atoms with Gasteiger partial charge in [-0.05, 0) is 55.3 Å². The van der Waals surface area contributed by atoms with Crippen LogP contribution in [0.15, 0.2) is 47.0 Å². The standard InChI is InChI=1S/C16H15ClN2O/c1-10(18)8-11-2-7-15-14(9-11)16(20-19-15)12-3-5-13(17)6-4-12/h2-7,9-10H,8,18H2,1H3. The lowest BCUT2D eigenvalue weighted by Crippen LogP contribution is -2.17. The Kier molecular flexibility index (Phi) is 3.47. The summed E-state index contributed by atoms with van der Waals surface area (Å²) in [6, 6.07) is 13.8. The third-order valence-electron chi connectivity index (χ3n) is 3.20. The van der Waals surface area contributed by atoms with Crippen molar-refractivity contribution in [3.63, 3.8) is 0 Å². The number of benzene rings is 2. The molecule has 0 spiro atoms. The SMILES string of the molecule is CC(N)Cc1ccc2noc(-c3ccc(Cl)cc3)c2c1. The monoisotopic (exact) mass is 286 g/mol. The Labute approximate surface area is 122 Å². The summed E-state index contributed by atoms with van der Waals surface area (Å²) in [6.07, 6.45) is 0.835. The first-order chi connectivity index (χ1) is 9.63. The van der Waals surface area contributed by atoms with Crippen LogP contribution in [-0.2, 0) is 6.42 Å². The maximum atomic E-state index is 5.91. The Morgan fingerprint density at radius 1 is 1.20 bits per heavy atom. The maximum absolute atomic E-state index is 5.91. The van der Waals surface area contributed by atoms with Gasteiger partial charge in [-0.2, -0.15) is 0 Å². The molecule has 0 aliphatic heterocycles. The lowest BCUT2D eigenvalue weighted by molar-refractivity contribution is 0.441. The van der Waals surface area contributed by atoms with E-state index in [1.54, 1.807) is 0 Å². The summed E-state index contributed by atoms with van der Waals surface area (Å²) in [5.41, 5.74) is 8.86. The molecule has 20 heavy (non-hydrogen) atoms. The van der Waals surface area contributed by atoms with E-state index in [0.717, 1.165) is 28.6 Å². The van der Waals surface area contributed by atoms with Crippen molar-refractivity contribution in [3.05, 3.63) is 53.1 Å². The number of halogens is 1. The van der Waals surface area contributed by atoms with Crippen LogP contribution in [0.5, 0.6) is 0 Å². The van der Waals surface area contributed by atoms with Gasteiger partial charge < -0.3 is 10.3 Å². The highest BCUT2D eigenvalue weighted by molar-refractivity contribution is 6.30. The van der Waals surface area contributed by atoms with Crippen LogP contribution in [0.2, 0.25) is 5.02 Å². The quantitative estimate of drug-likeness (QED) is 0.790. The molecule has 0 radical (unpaired) electrons. The molecule has 0 bridgehead atoms. The lowest BCUT2D eigenvalue weighted by atomic mass is 10.0. The minimum absolute atomic E-state index is 0.131. The van der Waals surface area contributed by atoms with Crippen molar-refractivity contribution in [1.29, 1.82) is 0 Å². The summed E-state index contributed by atoms with van der Waals surface area (Å²) >= 11 is 5.91. The fourth-order valence-corrected chi connectivity index (χ4v) is 2.42. The second-order valence-corrected chi connectivity index (χ2v) is 5.49. The number of hydrogen-bond donors (Lipinski definition) is 1. The van der Waals surface area contributed by atoms with Gasteiger partial charge in [0.2, 0.25) is 0 Å². The van der Waals surface area contributed by atoms with Gasteiger partial charge in [-0.1, -0.05) is 22.8 Å². The van der Waals surface area contributed by atoms with Crippen LogP contribution < -0.4 is 5.73 Å². The van der Waals surface area contributed by atoms with E-state index in [0.29, 0.717) is 5.02 Å². The Morgan fingerprint density at radius 2 is 1.95 bits per heavy atom. The third kappa shape index (κ3) is 2.55. The molecule has 3 rings (SSSR count). The molecule has 102 valence electrons. The molecule has 2 aromatic carbocycles. The van der Waals surface area contributed by atoms with Gasteiger partial charge in [0.25, 0.3) is 0 Å². The van der Waals surface area contributed by atoms with Gasteiger partial charge in [0.15, 0.2) is 5.76 Å². The zero-order valence-electron chi connectivity index (χ0n) is 11.1. The fourth-order valence-electron chi connectivity index (χ4n) is 2.30. The van der Waals surface area contributed by atoms with Crippen LogP contribution in [0.25, 0.3) is 22.2 Å². The second-order valence-electron chi connectivity index (χ2n) is 5.05. The highest BCUT2D eigenvalue weighted by Crippen LogP contribution is 2.30. The van der Waals surface area contributed by atoms with E-state index in [9.17, 15) is 0 Å². The summed E-state index contributed by atoms with van der Waals surface area (Å²) in [5.74, 6) is 0.767. The van der Waals surface area contributed by atoms with Crippen LogP contribution in [0.1, 0.15) is 12.5 Å². The Hall–Kier alpha value is -1.84. The molecule has 0 fully saturated rings. The van der Waals surface area contributed by atoms with Crippen molar-refractivity contribution in [2.75, 3.05) is 0 Å². The number of aromatic nitrogens is 1. The number of nitrogens with zero attached hydrogens (tertiary/aromatic N) is 1. The molecule has 1 unspecified atom stereocenters. The molecular weight excluding hydrogens is 272 g/mol. The van der Waals surface area contributed by atoms with Crippen LogP contribution >= 0.6 is 11.6 Å². The second kappa shape index (κ2) is 5.27. The third-order valence-corrected chi connectivity index (χ3v) is 3.46. The van der Waals surface area contributed by atoms with Crippen LogP contribution in [0.3, 0.4) is 0 Å². The topological polar surface area (TPSA) is 52.0 Å². The van der Waals surface area contributed by atoms with Crippen molar-refractivity contribution in [2.24, 2.45) is 5.73 Å². The molecule has 0 aliphatic rings. The first-order valence-corrected chi connectivity index (χ1v) is 6.91. The van der Waals surface area contributed by atoms with Crippen molar-refractivity contribution < 1.29 is 4.52 Å². The average Bonchev–Trinajstić information content (AvgIpc) is 2.82. The van der Waals surface area contributed by atoms with E-state index >= 15 is 0 Å². The number of rotatable bonds is 3. The molecular formula is C16H15ClN2O. The summed E-state index contributed by atoms with van der Waals surface area (Å²) in [5, 5.41) is 5.81. The highest BCUT2D eigenvalue weighted by Gasteiger charge is 2.11.